The number of alkyl halides is 3. The molecule has 0 radical (unpaired) electrons. The number of aryl methyl sites for hydroxylation is 1. The first-order valence-corrected chi connectivity index (χ1v) is 16.4. The number of nitrogens with one attached hydrogen (secondary N) is 1. The van der Waals surface area contributed by atoms with Crippen molar-refractivity contribution < 1.29 is 37.3 Å². The zero-order valence-corrected chi connectivity index (χ0v) is 28.3. The second-order valence-electron chi connectivity index (χ2n) is 11.9. The lowest BCUT2D eigenvalue weighted by molar-refractivity contribution is -0.137. The van der Waals surface area contributed by atoms with E-state index < -0.39 is 35.7 Å². The van der Waals surface area contributed by atoms with E-state index in [0.29, 0.717) is 22.8 Å². The van der Waals surface area contributed by atoms with Crippen molar-refractivity contribution in [1.82, 2.24) is 34.0 Å². The van der Waals surface area contributed by atoms with E-state index in [9.17, 15) is 32.7 Å². The molecule has 1 fully saturated rings. The van der Waals surface area contributed by atoms with E-state index in [1.807, 2.05) is 0 Å². The Morgan fingerprint density at radius 2 is 1.79 bits per heavy atom. The van der Waals surface area contributed by atoms with Gasteiger partial charge in [-0.1, -0.05) is 18.5 Å². The summed E-state index contributed by atoms with van der Waals surface area (Å²) in [6, 6.07) is 7.64. The molecule has 2 amide bonds. The zero-order chi connectivity index (χ0) is 36.9. The van der Waals surface area contributed by atoms with Crippen LogP contribution in [0.25, 0.3) is 17.2 Å². The van der Waals surface area contributed by atoms with Gasteiger partial charge in [-0.25, -0.2) is 9.97 Å². The number of hydrogen-bond donors (Lipinski definition) is 2. The number of aromatic nitrogens is 6. The van der Waals surface area contributed by atoms with E-state index in [1.165, 1.54) is 15.8 Å². The fourth-order valence-electron chi connectivity index (χ4n) is 6.12. The smallest absolute Gasteiger partial charge is 0.416 e. The summed E-state index contributed by atoms with van der Waals surface area (Å²) in [5, 5.41) is 17.2. The molecule has 1 saturated heterocycles. The molecule has 0 unspecified atom stereocenters. The summed E-state index contributed by atoms with van der Waals surface area (Å²) in [5.41, 5.74) is -0.228. The van der Waals surface area contributed by atoms with Gasteiger partial charge in [0.25, 0.3) is 11.5 Å². The predicted molar refractivity (Wildman–Crippen MR) is 180 cm³/mol. The Labute approximate surface area is 297 Å². The minimum absolute atomic E-state index is 0.0374. The summed E-state index contributed by atoms with van der Waals surface area (Å²) in [6.45, 7) is 3.75. The molecular weight excluding hydrogens is 711 g/mol. The molecule has 0 atom stereocenters. The summed E-state index contributed by atoms with van der Waals surface area (Å²) in [5.74, 6) is -0.265. The van der Waals surface area contributed by atoms with Gasteiger partial charge in [0.2, 0.25) is 18.5 Å². The average molecular weight is 740 g/mol. The van der Waals surface area contributed by atoms with Crippen molar-refractivity contribution in [3.05, 3.63) is 80.7 Å². The number of halogens is 4. The van der Waals surface area contributed by atoms with E-state index in [4.69, 9.17) is 21.1 Å². The third kappa shape index (κ3) is 6.29. The van der Waals surface area contributed by atoms with E-state index >= 15 is 0 Å². The molecule has 0 bridgehead atoms. The van der Waals surface area contributed by atoms with Gasteiger partial charge in [-0.3, -0.25) is 14.4 Å². The highest BCUT2D eigenvalue weighted by Gasteiger charge is 2.32. The number of piperazine rings is 1. The lowest BCUT2D eigenvalue weighted by Gasteiger charge is -2.36. The van der Waals surface area contributed by atoms with Crippen LogP contribution >= 0.6 is 11.6 Å². The Balaban J connectivity index is 1.25. The van der Waals surface area contributed by atoms with E-state index in [2.05, 4.69) is 25.4 Å². The fourth-order valence-corrected chi connectivity index (χ4v) is 6.35. The topological polar surface area (TPSA) is 169 Å². The van der Waals surface area contributed by atoms with Crippen LogP contribution in [0.15, 0.2) is 47.5 Å². The predicted octanol–water partition coefficient (Wildman–Crippen LogP) is 3.93. The lowest BCUT2D eigenvalue weighted by Crippen LogP contribution is -2.51. The molecule has 270 valence electrons. The Morgan fingerprint density at radius 3 is 2.50 bits per heavy atom. The summed E-state index contributed by atoms with van der Waals surface area (Å²) in [4.78, 5) is 56.9. The first-order chi connectivity index (χ1) is 24.8. The fraction of sp³-hybridized carbons (Fsp3) is 0.303. The van der Waals surface area contributed by atoms with E-state index in [1.54, 1.807) is 36.9 Å². The SMILES string of the molecule is CCc1c(N2CCN(C(=O)c3ncnc(C)c3O)CC2)c(=O)n2nc(-c3ccc4c(c3)OCO4)nc2n1CC(=O)Nc1ccc(C(F)(F)F)cc1Cl. The molecule has 0 saturated carbocycles. The van der Waals surface area contributed by atoms with E-state index in [-0.39, 0.29) is 84.5 Å². The van der Waals surface area contributed by atoms with Gasteiger partial charge in [-0.2, -0.15) is 22.7 Å². The van der Waals surface area contributed by atoms with Crippen LogP contribution in [0.2, 0.25) is 5.02 Å². The normalized spacial score (nSPS) is 14.3. The maximum absolute atomic E-state index is 14.3. The minimum Gasteiger partial charge on any atom is -0.504 e. The van der Waals surface area contributed by atoms with Crippen molar-refractivity contribution in [2.45, 2.75) is 33.0 Å². The number of aromatic hydroxyl groups is 1. The summed E-state index contributed by atoms with van der Waals surface area (Å²) >= 11 is 6.12. The van der Waals surface area contributed by atoms with Gasteiger partial charge < -0.3 is 34.3 Å². The highest BCUT2D eigenvalue weighted by Crippen LogP contribution is 2.36. The van der Waals surface area contributed by atoms with Crippen molar-refractivity contribution >= 4 is 40.6 Å². The first kappa shape index (κ1) is 34.5. The molecule has 52 heavy (non-hydrogen) atoms. The molecule has 2 N–H and O–H groups in total. The molecule has 0 spiro atoms. The van der Waals surface area contributed by atoms with Crippen LogP contribution in [-0.2, 0) is 23.9 Å². The van der Waals surface area contributed by atoms with Gasteiger partial charge in [0.1, 0.15) is 18.6 Å². The zero-order valence-electron chi connectivity index (χ0n) is 27.6. The number of hydrogen-bond acceptors (Lipinski definition) is 11. The van der Waals surface area contributed by atoms with Gasteiger partial charge in [0, 0.05) is 31.7 Å². The standard InChI is InChI=1S/C33H29ClF3N9O6/c1-3-22-27(43-8-10-44(11-9-43)30(49)26-28(48)17(2)38-15-39-26)31(50)46-32(41-29(42-46)18-4-7-23-24(12-18)52-16-51-23)45(22)14-25(47)40-21-6-5-19(13-20(21)34)33(35,36)37/h4-7,12-13,15,48H,3,8-11,14,16H2,1-2H3,(H,40,47). The van der Waals surface area contributed by atoms with Crippen LogP contribution in [0.5, 0.6) is 17.2 Å². The number of anilines is 2. The Kier molecular flexibility index (Phi) is 8.85. The molecule has 3 aromatic heterocycles. The van der Waals surface area contributed by atoms with Gasteiger partial charge in [-0.05, 0) is 49.7 Å². The van der Waals surface area contributed by atoms with Crippen LogP contribution < -0.4 is 25.2 Å². The van der Waals surface area contributed by atoms with Crippen molar-refractivity contribution in [3.63, 3.8) is 0 Å². The molecule has 5 aromatic rings. The molecule has 7 rings (SSSR count). The van der Waals surface area contributed by atoms with Gasteiger partial charge in [-0.15, -0.1) is 5.10 Å². The van der Waals surface area contributed by atoms with Crippen LogP contribution in [0.1, 0.15) is 34.4 Å². The average Bonchev–Trinajstić information content (AvgIpc) is 3.79. The third-order valence-corrected chi connectivity index (χ3v) is 9.07. The van der Waals surface area contributed by atoms with Crippen molar-refractivity contribution in [3.8, 4) is 28.6 Å². The van der Waals surface area contributed by atoms with Gasteiger partial charge in [0.05, 0.1) is 27.7 Å². The molecule has 2 aromatic carbocycles. The van der Waals surface area contributed by atoms with Crippen LogP contribution in [0, 0.1) is 6.92 Å². The van der Waals surface area contributed by atoms with E-state index in [0.717, 1.165) is 22.7 Å². The number of nitrogens with zero attached hydrogens (tertiary/aromatic N) is 8. The van der Waals surface area contributed by atoms with Crippen molar-refractivity contribution in [2.24, 2.45) is 0 Å². The second kappa shape index (κ2) is 13.3. The van der Waals surface area contributed by atoms with Crippen LogP contribution in [0.3, 0.4) is 0 Å². The lowest BCUT2D eigenvalue weighted by atomic mass is 10.2. The number of ether oxygens (including phenoxy) is 2. The molecule has 2 aliphatic heterocycles. The summed E-state index contributed by atoms with van der Waals surface area (Å²) in [7, 11) is 0. The van der Waals surface area contributed by atoms with Crippen LogP contribution in [0.4, 0.5) is 24.5 Å². The molecule has 5 heterocycles. The monoisotopic (exact) mass is 739 g/mol. The van der Waals surface area contributed by atoms with Gasteiger partial charge >= 0.3 is 6.18 Å². The minimum atomic E-state index is -4.63. The summed E-state index contributed by atoms with van der Waals surface area (Å²) < 4.78 is 53.2. The number of amides is 2. The molecule has 15 nitrogen and oxygen atoms in total. The summed E-state index contributed by atoms with van der Waals surface area (Å²) in [6.07, 6.45) is -3.17. The molecule has 19 heteroatoms. The quantitative estimate of drug-likeness (QED) is 0.248. The van der Waals surface area contributed by atoms with Crippen molar-refractivity contribution in [1.29, 1.82) is 0 Å². The second-order valence-corrected chi connectivity index (χ2v) is 12.3. The Bertz CT molecular complexity index is 2300. The molecule has 0 aliphatic carbocycles. The maximum Gasteiger partial charge on any atom is 0.416 e. The third-order valence-electron chi connectivity index (χ3n) is 8.75. The van der Waals surface area contributed by atoms with Crippen LogP contribution in [-0.4, -0.2) is 83.9 Å². The molecular formula is C33H29ClF3N9O6. The number of carbonyl (C=O) groups excluding carboxylic acids is 2. The Hall–Kier alpha value is -5.91. The van der Waals surface area contributed by atoms with Gasteiger partial charge in [0.15, 0.2) is 28.8 Å². The number of rotatable bonds is 7. The van der Waals surface area contributed by atoms with Crippen molar-refractivity contribution in [2.75, 3.05) is 43.2 Å². The number of fused-ring (bicyclic) bond motifs is 2. The molecule has 2 aliphatic rings. The number of carbonyl (C=O) groups is 2. The highest BCUT2D eigenvalue weighted by molar-refractivity contribution is 6.33. The highest BCUT2D eigenvalue weighted by atomic mass is 35.5. The Morgan fingerprint density at radius 1 is 1.04 bits per heavy atom. The maximum atomic E-state index is 14.3. The first-order valence-electron chi connectivity index (χ1n) is 16.0. The largest absolute Gasteiger partial charge is 0.504 e. The number of benzene rings is 2.